The van der Waals surface area contributed by atoms with Crippen LogP contribution in [-0.4, -0.2) is 0 Å². The zero-order valence-corrected chi connectivity index (χ0v) is 19.4. The van der Waals surface area contributed by atoms with Gasteiger partial charge in [-0.25, -0.2) is 4.39 Å². The molecule has 0 atom stereocenters. The molecule has 0 heterocycles. The van der Waals surface area contributed by atoms with Crippen molar-refractivity contribution in [2.75, 3.05) is 5.32 Å². The summed E-state index contributed by atoms with van der Waals surface area (Å²) >= 11 is 16.6. The van der Waals surface area contributed by atoms with E-state index >= 15 is 0 Å². The van der Waals surface area contributed by atoms with Crippen LogP contribution in [0.4, 0.5) is 10.1 Å². The molecule has 0 fully saturated rings. The number of ether oxygens (including phenoxy) is 1. The van der Waals surface area contributed by atoms with Crippen LogP contribution in [0.15, 0.2) is 68.0 Å². The van der Waals surface area contributed by atoms with Crippen molar-refractivity contribution < 1.29 is 9.13 Å². The monoisotopic (exact) mass is 575 g/mol. The fourth-order valence-corrected chi connectivity index (χ4v) is 4.35. The lowest BCUT2D eigenvalue weighted by Gasteiger charge is -2.16. The topological polar surface area (TPSA) is 21.3 Å². The normalized spacial score (nSPS) is 10.7. The highest BCUT2D eigenvalue weighted by Gasteiger charge is 2.11. The van der Waals surface area contributed by atoms with Crippen molar-refractivity contribution >= 4 is 65.1 Å². The molecule has 0 aromatic heterocycles. The molecule has 0 saturated heterocycles. The Balaban J connectivity index is 1.78. The van der Waals surface area contributed by atoms with Gasteiger partial charge in [-0.05, 0) is 79.9 Å². The molecule has 0 saturated carbocycles. The Kier molecular flexibility index (Phi) is 7.20. The van der Waals surface area contributed by atoms with Crippen molar-refractivity contribution in [2.24, 2.45) is 0 Å². The number of hydrogen-bond acceptors (Lipinski definition) is 2. The molecule has 3 rings (SSSR count). The summed E-state index contributed by atoms with van der Waals surface area (Å²) in [5.41, 5.74) is 2.62. The summed E-state index contributed by atoms with van der Waals surface area (Å²) < 4.78 is 22.0. The van der Waals surface area contributed by atoms with E-state index in [-0.39, 0.29) is 12.4 Å². The summed E-state index contributed by atoms with van der Waals surface area (Å²) in [5, 5.41) is 3.98. The van der Waals surface area contributed by atoms with E-state index in [1.54, 1.807) is 6.07 Å². The molecule has 27 heavy (non-hydrogen) atoms. The van der Waals surface area contributed by atoms with Crippen LogP contribution in [0.3, 0.4) is 0 Å². The van der Waals surface area contributed by atoms with Crippen molar-refractivity contribution in [3.63, 3.8) is 0 Å². The third-order valence-corrected chi connectivity index (χ3v) is 6.04. The first kappa shape index (κ1) is 20.6. The molecule has 0 spiro atoms. The van der Waals surface area contributed by atoms with Crippen LogP contribution in [0.25, 0.3) is 0 Å². The third kappa shape index (κ3) is 5.70. The molecule has 140 valence electrons. The largest absolute Gasteiger partial charge is 0.487 e. The van der Waals surface area contributed by atoms with Gasteiger partial charge in [0.15, 0.2) is 0 Å². The van der Waals surface area contributed by atoms with Crippen molar-refractivity contribution in [3.8, 4) is 5.75 Å². The van der Waals surface area contributed by atoms with E-state index in [1.165, 1.54) is 12.1 Å². The summed E-state index contributed by atoms with van der Waals surface area (Å²) in [6, 6.07) is 16.0. The first-order valence-electron chi connectivity index (χ1n) is 7.96. The predicted molar refractivity (Wildman–Crippen MR) is 119 cm³/mol. The Bertz CT molecular complexity index is 968. The molecular formula is C20H14Br3ClFNO. The molecule has 0 radical (unpaired) electrons. The van der Waals surface area contributed by atoms with Crippen LogP contribution in [0.1, 0.15) is 11.1 Å². The lowest BCUT2D eigenvalue weighted by atomic mass is 10.2. The van der Waals surface area contributed by atoms with E-state index in [4.69, 9.17) is 16.3 Å². The molecule has 2 nitrogen and oxygen atoms in total. The van der Waals surface area contributed by atoms with Crippen LogP contribution < -0.4 is 10.1 Å². The molecule has 0 bridgehead atoms. The first-order chi connectivity index (χ1) is 12.9. The minimum atomic E-state index is -0.278. The molecule has 0 amide bonds. The Morgan fingerprint density at radius 1 is 0.963 bits per heavy atom. The molecule has 1 N–H and O–H groups in total. The second kappa shape index (κ2) is 9.41. The van der Waals surface area contributed by atoms with Crippen LogP contribution in [-0.2, 0) is 13.2 Å². The molecule has 0 aliphatic rings. The molecule has 3 aromatic carbocycles. The van der Waals surface area contributed by atoms with Crippen molar-refractivity contribution in [1.82, 2.24) is 0 Å². The molecule has 0 unspecified atom stereocenters. The van der Waals surface area contributed by atoms with Crippen molar-refractivity contribution in [3.05, 3.63) is 90.0 Å². The lowest BCUT2D eigenvalue weighted by molar-refractivity contribution is 0.300. The average molecular weight is 579 g/mol. The van der Waals surface area contributed by atoms with Crippen LogP contribution in [0.2, 0.25) is 5.02 Å². The van der Waals surface area contributed by atoms with Gasteiger partial charge in [0.05, 0.1) is 9.50 Å². The zero-order chi connectivity index (χ0) is 19.4. The maximum atomic E-state index is 13.4. The van der Waals surface area contributed by atoms with E-state index in [0.29, 0.717) is 17.3 Å². The fourth-order valence-electron chi connectivity index (χ4n) is 2.49. The van der Waals surface area contributed by atoms with Gasteiger partial charge >= 0.3 is 0 Å². The zero-order valence-electron chi connectivity index (χ0n) is 13.9. The summed E-state index contributed by atoms with van der Waals surface area (Å²) in [4.78, 5) is 0. The van der Waals surface area contributed by atoms with E-state index in [1.807, 2.05) is 36.4 Å². The maximum Gasteiger partial charge on any atom is 0.139 e. The third-order valence-electron chi connectivity index (χ3n) is 3.76. The lowest BCUT2D eigenvalue weighted by Crippen LogP contribution is -2.05. The maximum absolute atomic E-state index is 13.4. The van der Waals surface area contributed by atoms with Crippen LogP contribution >= 0.6 is 59.4 Å². The quantitative estimate of drug-likeness (QED) is 0.321. The molecule has 7 heteroatoms. The Labute approximate surface area is 187 Å². The van der Waals surface area contributed by atoms with E-state index in [9.17, 15) is 4.39 Å². The second-order valence-corrected chi connectivity index (χ2v) is 8.81. The summed E-state index contributed by atoms with van der Waals surface area (Å²) in [6.45, 7) is 0.809. The SMILES string of the molecule is Fc1cccc(COc2c(Br)cc(Br)cc2CNc2ccc(Br)c(Cl)c2)c1. The Morgan fingerprint density at radius 2 is 1.78 bits per heavy atom. The highest BCUT2D eigenvalue weighted by atomic mass is 79.9. The van der Waals surface area contributed by atoms with Gasteiger partial charge in [-0.15, -0.1) is 0 Å². The molecule has 0 aliphatic heterocycles. The number of rotatable bonds is 6. The fraction of sp³-hybridized carbons (Fsp3) is 0.100. The van der Waals surface area contributed by atoms with Crippen LogP contribution in [0, 0.1) is 5.82 Å². The number of nitrogens with one attached hydrogen (secondary N) is 1. The van der Waals surface area contributed by atoms with E-state index < -0.39 is 0 Å². The first-order valence-corrected chi connectivity index (χ1v) is 10.7. The number of halogens is 5. The minimum Gasteiger partial charge on any atom is -0.487 e. The standard InChI is InChI=1S/C20H14Br3ClFNO/c21-14-7-13(10-26-16-4-5-17(22)19(24)9-16)20(18(23)8-14)27-11-12-2-1-3-15(25)6-12/h1-9,26H,10-11H2. The Morgan fingerprint density at radius 3 is 2.52 bits per heavy atom. The number of anilines is 1. The predicted octanol–water partition coefficient (Wildman–Crippen LogP) is 7.96. The van der Waals surface area contributed by atoms with Gasteiger partial charge in [-0.2, -0.15) is 0 Å². The number of benzene rings is 3. The van der Waals surface area contributed by atoms with Gasteiger partial charge in [-0.3, -0.25) is 0 Å². The smallest absolute Gasteiger partial charge is 0.139 e. The van der Waals surface area contributed by atoms with Crippen LogP contribution in [0.5, 0.6) is 5.75 Å². The van der Waals surface area contributed by atoms with Gasteiger partial charge < -0.3 is 10.1 Å². The van der Waals surface area contributed by atoms with Crippen molar-refractivity contribution in [2.45, 2.75) is 13.2 Å². The van der Waals surface area contributed by atoms with Crippen molar-refractivity contribution in [1.29, 1.82) is 0 Å². The molecular weight excluding hydrogens is 564 g/mol. The highest BCUT2D eigenvalue weighted by molar-refractivity contribution is 9.11. The Hall–Kier alpha value is -1.08. The number of hydrogen-bond donors (Lipinski definition) is 1. The van der Waals surface area contributed by atoms with Gasteiger partial charge in [0, 0.05) is 26.7 Å². The second-order valence-electron chi connectivity index (χ2n) is 5.78. The highest BCUT2D eigenvalue weighted by Crippen LogP contribution is 2.34. The van der Waals surface area contributed by atoms with E-state index in [2.05, 4.69) is 53.1 Å². The van der Waals surface area contributed by atoms with E-state index in [0.717, 1.165) is 30.2 Å². The minimum absolute atomic E-state index is 0.273. The van der Waals surface area contributed by atoms with Gasteiger partial charge in [0.1, 0.15) is 18.2 Å². The van der Waals surface area contributed by atoms with Gasteiger partial charge in [0.25, 0.3) is 0 Å². The van der Waals surface area contributed by atoms with Gasteiger partial charge in [-0.1, -0.05) is 39.7 Å². The average Bonchev–Trinajstić information content (AvgIpc) is 2.62. The summed E-state index contributed by atoms with van der Waals surface area (Å²) in [7, 11) is 0. The molecule has 3 aromatic rings. The summed E-state index contributed by atoms with van der Waals surface area (Å²) in [5.74, 6) is 0.429. The van der Waals surface area contributed by atoms with Gasteiger partial charge in [0.2, 0.25) is 0 Å². The molecule has 0 aliphatic carbocycles. The summed E-state index contributed by atoms with van der Waals surface area (Å²) in [6.07, 6.45) is 0.